The number of amides is 1. The fourth-order valence-electron chi connectivity index (χ4n) is 3.29. The lowest BCUT2D eigenvalue weighted by Gasteiger charge is -2.25. The number of benzene rings is 2. The van der Waals surface area contributed by atoms with Gasteiger partial charge in [0.1, 0.15) is 18.5 Å². The molecule has 0 aliphatic rings. The molecule has 31 heavy (non-hydrogen) atoms. The second-order valence-electron chi connectivity index (χ2n) is 7.21. The maximum atomic E-state index is 13.9. The number of carbonyl (C=O) groups is 1. The average Bonchev–Trinajstić information content (AvgIpc) is 3.49. The van der Waals surface area contributed by atoms with E-state index in [4.69, 9.17) is 4.42 Å². The Labute approximate surface area is 179 Å². The standard InChI is InChI=1S/C23H22FN5O2/c1-16(17-7-9-18(10-8-17)29-15-25-14-27-29)28(2)23(30)12-11-22-26-13-21(31-22)19-5-3-4-6-20(19)24/h3-10,13-16H,11-12H2,1-2H3. The number of nitrogens with zero attached hydrogens (tertiary/aromatic N) is 5. The van der Waals surface area contributed by atoms with Crippen molar-refractivity contribution in [2.24, 2.45) is 0 Å². The fourth-order valence-corrected chi connectivity index (χ4v) is 3.29. The maximum Gasteiger partial charge on any atom is 0.223 e. The number of halogens is 1. The van der Waals surface area contributed by atoms with Crippen LogP contribution in [0.25, 0.3) is 17.0 Å². The quantitative estimate of drug-likeness (QED) is 0.448. The van der Waals surface area contributed by atoms with Crippen molar-refractivity contribution in [3.63, 3.8) is 0 Å². The molecule has 2 aromatic carbocycles. The molecule has 1 atom stereocenters. The highest BCUT2D eigenvalue weighted by Crippen LogP contribution is 2.24. The third-order valence-electron chi connectivity index (χ3n) is 5.28. The summed E-state index contributed by atoms with van der Waals surface area (Å²) in [6, 6.07) is 14.1. The van der Waals surface area contributed by atoms with Crippen LogP contribution in [0.4, 0.5) is 4.39 Å². The molecule has 158 valence electrons. The molecule has 4 aromatic rings. The number of aryl methyl sites for hydroxylation is 1. The fraction of sp³-hybridized carbons (Fsp3) is 0.217. The minimum Gasteiger partial charge on any atom is -0.441 e. The third kappa shape index (κ3) is 4.53. The van der Waals surface area contributed by atoms with Crippen molar-refractivity contribution in [3.05, 3.63) is 84.7 Å². The largest absolute Gasteiger partial charge is 0.441 e. The molecule has 2 heterocycles. The van der Waals surface area contributed by atoms with Crippen LogP contribution in [0.5, 0.6) is 0 Å². The van der Waals surface area contributed by atoms with Crippen LogP contribution in [-0.2, 0) is 11.2 Å². The zero-order valence-corrected chi connectivity index (χ0v) is 17.3. The number of oxazole rings is 1. The van der Waals surface area contributed by atoms with Crippen LogP contribution < -0.4 is 0 Å². The van der Waals surface area contributed by atoms with Gasteiger partial charge in [-0.3, -0.25) is 4.79 Å². The van der Waals surface area contributed by atoms with Crippen LogP contribution >= 0.6 is 0 Å². The van der Waals surface area contributed by atoms with Crippen LogP contribution in [0, 0.1) is 5.82 Å². The lowest BCUT2D eigenvalue weighted by atomic mass is 10.1. The van der Waals surface area contributed by atoms with Gasteiger partial charge in [0.15, 0.2) is 11.7 Å². The Bertz CT molecular complexity index is 1150. The van der Waals surface area contributed by atoms with E-state index in [2.05, 4.69) is 15.1 Å². The van der Waals surface area contributed by atoms with Crippen molar-refractivity contribution < 1.29 is 13.6 Å². The molecule has 0 aliphatic carbocycles. The first-order valence-electron chi connectivity index (χ1n) is 9.93. The Morgan fingerprint density at radius 1 is 1.19 bits per heavy atom. The van der Waals surface area contributed by atoms with E-state index in [9.17, 15) is 9.18 Å². The van der Waals surface area contributed by atoms with E-state index in [1.165, 1.54) is 18.6 Å². The van der Waals surface area contributed by atoms with Crippen LogP contribution in [0.2, 0.25) is 0 Å². The Morgan fingerprint density at radius 2 is 1.97 bits per heavy atom. The molecule has 8 heteroatoms. The first-order valence-corrected chi connectivity index (χ1v) is 9.93. The summed E-state index contributed by atoms with van der Waals surface area (Å²) in [5, 5.41) is 4.11. The van der Waals surface area contributed by atoms with Crippen molar-refractivity contribution in [2.75, 3.05) is 7.05 Å². The molecule has 1 amide bonds. The van der Waals surface area contributed by atoms with Gasteiger partial charge in [-0.05, 0) is 36.8 Å². The van der Waals surface area contributed by atoms with E-state index in [-0.39, 0.29) is 24.2 Å². The second kappa shape index (κ2) is 8.91. The van der Waals surface area contributed by atoms with Gasteiger partial charge in [0.25, 0.3) is 0 Å². The highest BCUT2D eigenvalue weighted by atomic mass is 19.1. The molecule has 0 saturated heterocycles. The number of hydrogen-bond acceptors (Lipinski definition) is 5. The number of aromatic nitrogens is 4. The van der Waals surface area contributed by atoms with E-state index in [1.54, 1.807) is 41.2 Å². The highest BCUT2D eigenvalue weighted by Gasteiger charge is 2.19. The lowest BCUT2D eigenvalue weighted by molar-refractivity contribution is -0.131. The molecule has 0 fully saturated rings. The minimum atomic E-state index is -0.371. The van der Waals surface area contributed by atoms with Gasteiger partial charge in [0.2, 0.25) is 5.91 Å². The van der Waals surface area contributed by atoms with E-state index in [1.807, 2.05) is 31.2 Å². The Morgan fingerprint density at radius 3 is 2.68 bits per heavy atom. The summed E-state index contributed by atoms with van der Waals surface area (Å²) in [6.45, 7) is 1.98. The van der Waals surface area contributed by atoms with Gasteiger partial charge in [-0.1, -0.05) is 24.3 Å². The van der Waals surface area contributed by atoms with Gasteiger partial charge in [-0.25, -0.2) is 19.0 Å². The van der Waals surface area contributed by atoms with Crippen LogP contribution in [0.3, 0.4) is 0 Å². The normalized spacial score (nSPS) is 12.0. The van der Waals surface area contributed by atoms with E-state index in [0.29, 0.717) is 23.6 Å². The molecule has 4 rings (SSSR count). The highest BCUT2D eigenvalue weighted by molar-refractivity contribution is 5.76. The monoisotopic (exact) mass is 419 g/mol. The smallest absolute Gasteiger partial charge is 0.223 e. The lowest BCUT2D eigenvalue weighted by Crippen LogP contribution is -2.29. The van der Waals surface area contributed by atoms with Crippen LogP contribution in [0.1, 0.15) is 30.8 Å². The van der Waals surface area contributed by atoms with Crippen molar-refractivity contribution in [1.29, 1.82) is 0 Å². The molecule has 0 N–H and O–H groups in total. The van der Waals surface area contributed by atoms with Gasteiger partial charge < -0.3 is 9.32 Å². The Balaban J connectivity index is 1.36. The van der Waals surface area contributed by atoms with E-state index in [0.717, 1.165) is 11.3 Å². The number of rotatable bonds is 7. The van der Waals surface area contributed by atoms with Gasteiger partial charge in [-0.15, -0.1) is 0 Å². The summed E-state index contributed by atoms with van der Waals surface area (Å²) in [5.41, 5.74) is 2.27. The topological polar surface area (TPSA) is 77.1 Å². The summed E-state index contributed by atoms with van der Waals surface area (Å²) in [7, 11) is 1.78. The summed E-state index contributed by atoms with van der Waals surface area (Å²) >= 11 is 0. The molecule has 7 nitrogen and oxygen atoms in total. The molecule has 0 spiro atoms. The molecule has 1 unspecified atom stereocenters. The Kier molecular flexibility index (Phi) is 5.88. The summed E-state index contributed by atoms with van der Waals surface area (Å²) < 4.78 is 21.2. The van der Waals surface area contributed by atoms with E-state index >= 15 is 0 Å². The van der Waals surface area contributed by atoms with Gasteiger partial charge in [-0.2, -0.15) is 5.10 Å². The molecule has 0 aliphatic heterocycles. The van der Waals surface area contributed by atoms with E-state index < -0.39 is 0 Å². The third-order valence-corrected chi connectivity index (χ3v) is 5.28. The van der Waals surface area contributed by atoms with Crippen molar-refractivity contribution in [3.8, 4) is 17.0 Å². The van der Waals surface area contributed by atoms with Crippen molar-refractivity contribution >= 4 is 5.91 Å². The zero-order valence-electron chi connectivity index (χ0n) is 17.3. The Hall–Kier alpha value is -3.81. The molecule has 2 aromatic heterocycles. The second-order valence-corrected chi connectivity index (χ2v) is 7.21. The predicted octanol–water partition coefficient (Wildman–Crippen LogP) is 4.21. The molecular formula is C23H22FN5O2. The first kappa shape index (κ1) is 20.5. The molecule has 0 radical (unpaired) electrons. The molecule has 0 saturated carbocycles. The van der Waals surface area contributed by atoms with Crippen molar-refractivity contribution in [2.45, 2.75) is 25.8 Å². The first-order chi connectivity index (χ1) is 15.0. The minimum absolute atomic E-state index is 0.0292. The van der Waals surface area contributed by atoms with Gasteiger partial charge in [0.05, 0.1) is 23.5 Å². The number of carbonyl (C=O) groups excluding carboxylic acids is 1. The zero-order chi connectivity index (χ0) is 21.8. The summed E-state index contributed by atoms with van der Waals surface area (Å²) in [6.07, 6.45) is 5.19. The van der Waals surface area contributed by atoms with Gasteiger partial charge >= 0.3 is 0 Å². The van der Waals surface area contributed by atoms with Crippen molar-refractivity contribution in [1.82, 2.24) is 24.6 Å². The molecule has 0 bridgehead atoms. The predicted molar refractivity (Wildman–Crippen MR) is 113 cm³/mol. The molecular weight excluding hydrogens is 397 g/mol. The SMILES string of the molecule is CC(c1ccc(-n2cncn2)cc1)N(C)C(=O)CCc1ncc(-c2ccccc2F)o1. The van der Waals surface area contributed by atoms with Gasteiger partial charge in [0, 0.05) is 19.9 Å². The summed E-state index contributed by atoms with van der Waals surface area (Å²) in [5.74, 6) is 0.364. The average molecular weight is 419 g/mol. The summed E-state index contributed by atoms with van der Waals surface area (Å²) in [4.78, 5) is 22.5. The van der Waals surface area contributed by atoms with Crippen LogP contribution in [0.15, 0.2) is 71.8 Å². The number of hydrogen-bond donors (Lipinski definition) is 0. The maximum absolute atomic E-state index is 13.9. The van der Waals surface area contributed by atoms with Crippen LogP contribution in [-0.4, -0.2) is 37.6 Å².